The van der Waals surface area contributed by atoms with E-state index in [4.69, 9.17) is 11.6 Å². The summed E-state index contributed by atoms with van der Waals surface area (Å²) in [7, 11) is 0. The van der Waals surface area contributed by atoms with E-state index in [1.165, 1.54) is 11.0 Å². The third-order valence-corrected chi connectivity index (χ3v) is 5.98. The number of para-hydroxylation sites is 2. The zero-order chi connectivity index (χ0) is 24.0. The summed E-state index contributed by atoms with van der Waals surface area (Å²) in [6.07, 6.45) is 1.52. The highest BCUT2D eigenvalue weighted by atomic mass is 35.5. The van der Waals surface area contributed by atoms with Gasteiger partial charge in [0.2, 0.25) is 0 Å². The molecule has 0 bridgehead atoms. The Labute approximate surface area is 200 Å². The molecule has 0 radical (unpaired) electrons. The first-order valence-electron chi connectivity index (χ1n) is 11.1. The quantitative estimate of drug-likeness (QED) is 0.412. The zero-order valence-electron chi connectivity index (χ0n) is 19.1. The van der Waals surface area contributed by atoms with E-state index in [0.29, 0.717) is 29.2 Å². The van der Waals surface area contributed by atoms with Crippen LogP contribution in [0.4, 0.5) is 5.69 Å². The molecule has 0 aromatic heterocycles. The van der Waals surface area contributed by atoms with Gasteiger partial charge in [0.15, 0.2) is 0 Å². The maximum atomic E-state index is 13.8. The van der Waals surface area contributed by atoms with Crippen molar-refractivity contribution in [3.05, 3.63) is 94.0 Å². The van der Waals surface area contributed by atoms with Gasteiger partial charge in [-0.3, -0.25) is 9.59 Å². The second-order valence-electron chi connectivity index (χ2n) is 8.05. The molecule has 0 unspecified atom stereocenters. The molecular formula is C27H29ClN2O3. The summed E-state index contributed by atoms with van der Waals surface area (Å²) in [5, 5.41) is 13.8. The van der Waals surface area contributed by atoms with Crippen LogP contribution in [-0.4, -0.2) is 28.4 Å². The minimum absolute atomic E-state index is 0.128. The molecule has 3 aromatic rings. The SMILES string of the molecule is CCCCN(C(=O)c1ccccc1O)[C@H](C(=O)Nc1c(C)cccc1C)c1ccccc1Cl. The van der Waals surface area contributed by atoms with Crippen molar-refractivity contribution in [3.8, 4) is 5.75 Å². The van der Waals surface area contributed by atoms with E-state index in [0.717, 1.165) is 17.5 Å². The highest BCUT2D eigenvalue weighted by Gasteiger charge is 2.34. The van der Waals surface area contributed by atoms with Gasteiger partial charge in [-0.2, -0.15) is 0 Å². The van der Waals surface area contributed by atoms with Gasteiger partial charge in [-0.15, -0.1) is 0 Å². The van der Waals surface area contributed by atoms with Gasteiger partial charge in [0.05, 0.1) is 5.56 Å². The van der Waals surface area contributed by atoms with Crippen LogP contribution in [0.25, 0.3) is 0 Å². The molecule has 0 saturated carbocycles. The van der Waals surface area contributed by atoms with E-state index in [1.54, 1.807) is 42.5 Å². The van der Waals surface area contributed by atoms with Crippen molar-refractivity contribution in [3.63, 3.8) is 0 Å². The highest BCUT2D eigenvalue weighted by molar-refractivity contribution is 6.31. The molecule has 3 rings (SSSR count). The Morgan fingerprint density at radius 1 is 0.970 bits per heavy atom. The summed E-state index contributed by atoms with van der Waals surface area (Å²) in [5.41, 5.74) is 3.24. The average Bonchev–Trinajstić information content (AvgIpc) is 2.80. The van der Waals surface area contributed by atoms with Crippen molar-refractivity contribution in [2.24, 2.45) is 0 Å². The number of rotatable bonds is 8. The Morgan fingerprint density at radius 3 is 2.24 bits per heavy atom. The van der Waals surface area contributed by atoms with Crippen molar-refractivity contribution < 1.29 is 14.7 Å². The van der Waals surface area contributed by atoms with Crippen LogP contribution in [0.5, 0.6) is 5.75 Å². The van der Waals surface area contributed by atoms with E-state index in [-0.39, 0.29) is 17.2 Å². The molecule has 6 heteroatoms. The van der Waals surface area contributed by atoms with Crippen LogP contribution >= 0.6 is 11.6 Å². The Kier molecular flexibility index (Phi) is 8.12. The number of halogens is 1. The average molecular weight is 465 g/mol. The Hall–Kier alpha value is -3.31. The Balaban J connectivity index is 2.11. The first kappa shape index (κ1) is 24.3. The van der Waals surface area contributed by atoms with Crippen LogP contribution < -0.4 is 5.32 Å². The van der Waals surface area contributed by atoms with Crippen molar-refractivity contribution >= 4 is 29.1 Å². The number of nitrogens with one attached hydrogen (secondary N) is 1. The molecule has 2 N–H and O–H groups in total. The number of anilines is 1. The van der Waals surface area contributed by atoms with Gasteiger partial charge in [-0.25, -0.2) is 0 Å². The molecular weight excluding hydrogens is 436 g/mol. The second-order valence-corrected chi connectivity index (χ2v) is 8.46. The molecule has 1 atom stereocenters. The lowest BCUT2D eigenvalue weighted by Crippen LogP contribution is -2.42. The molecule has 172 valence electrons. The number of nitrogens with zero attached hydrogens (tertiary/aromatic N) is 1. The standard InChI is InChI=1S/C27H29ClN2O3/c1-4-5-17-30(27(33)21-14-7-9-16-23(21)31)25(20-13-6-8-15-22(20)28)26(32)29-24-18(2)11-10-12-19(24)3/h6-16,25,31H,4-5,17H2,1-3H3,(H,29,32)/t25-/m0/s1. The normalized spacial score (nSPS) is 11.6. The number of aromatic hydroxyl groups is 1. The minimum Gasteiger partial charge on any atom is -0.507 e. The maximum Gasteiger partial charge on any atom is 0.258 e. The number of unbranched alkanes of at least 4 members (excludes halogenated alkanes) is 1. The van der Waals surface area contributed by atoms with Crippen molar-refractivity contribution in [2.75, 3.05) is 11.9 Å². The van der Waals surface area contributed by atoms with Gasteiger partial charge in [0.1, 0.15) is 11.8 Å². The summed E-state index contributed by atoms with van der Waals surface area (Å²) >= 11 is 6.52. The van der Waals surface area contributed by atoms with Crippen molar-refractivity contribution in [2.45, 2.75) is 39.7 Å². The van der Waals surface area contributed by atoms with Gasteiger partial charge in [-0.05, 0) is 49.6 Å². The molecule has 2 amide bonds. The van der Waals surface area contributed by atoms with Crippen LogP contribution in [0.2, 0.25) is 5.02 Å². The van der Waals surface area contributed by atoms with Crippen LogP contribution in [0, 0.1) is 13.8 Å². The number of carbonyl (C=O) groups is 2. The predicted molar refractivity (Wildman–Crippen MR) is 133 cm³/mol. The fraction of sp³-hybridized carbons (Fsp3) is 0.259. The number of hydrogen-bond acceptors (Lipinski definition) is 3. The fourth-order valence-electron chi connectivity index (χ4n) is 3.84. The topological polar surface area (TPSA) is 69.6 Å². The van der Waals surface area contributed by atoms with Crippen LogP contribution in [-0.2, 0) is 4.79 Å². The molecule has 33 heavy (non-hydrogen) atoms. The zero-order valence-corrected chi connectivity index (χ0v) is 19.9. The smallest absolute Gasteiger partial charge is 0.258 e. The molecule has 3 aromatic carbocycles. The molecule has 0 aliphatic heterocycles. The minimum atomic E-state index is -0.976. The molecule has 5 nitrogen and oxygen atoms in total. The summed E-state index contributed by atoms with van der Waals surface area (Å²) < 4.78 is 0. The molecule has 0 saturated heterocycles. The molecule has 0 aliphatic carbocycles. The number of carbonyl (C=O) groups excluding carboxylic acids is 2. The molecule has 0 aliphatic rings. The van der Waals surface area contributed by atoms with Gasteiger partial charge in [0.25, 0.3) is 11.8 Å². The van der Waals surface area contributed by atoms with E-state index in [9.17, 15) is 14.7 Å². The monoisotopic (exact) mass is 464 g/mol. The number of phenolic OH excluding ortho intramolecular Hbond substituents is 1. The fourth-order valence-corrected chi connectivity index (χ4v) is 4.08. The summed E-state index contributed by atoms with van der Waals surface area (Å²) in [4.78, 5) is 28.9. The first-order valence-corrected chi connectivity index (χ1v) is 11.4. The first-order chi connectivity index (χ1) is 15.8. The van der Waals surface area contributed by atoms with Gasteiger partial charge in [-0.1, -0.05) is 73.5 Å². The summed E-state index contributed by atoms with van der Waals surface area (Å²) in [5.74, 6) is -0.916. The number of aryl methyl sites for hydroxylation is 2. The third-order valence-electron chi connectivity index (χ3n) is 5.64. The lowest BCUT2D eigenvalue weighted by molar-refractivity contribution is -0.120. The van der Waals surface area contributed by atoms with Crippen LogP contribution in [0.15, 0.2) is 66.7 Å². The third kappa shape index (κ3) is 5.55. The van der Waals surface area contributed by atoms with Crippen LogP contribution in [0.1, 0.15) is 52.9 Å². The van der Waals surface area contributed by atoms with Gasteiger partial charge in [0, 0.05) is 22.8 Å². The Morgan fingerprint density at radius 2 is 1.61 bits per heavy atom. The predicted octanol–water partition coefficient (Wildman–Crippen LogP) is 6.28. The number of phenols is 1. The number of amides is 2. The lowest BCUT2D eigenvalue weighted by atomic mass is 10.0. The molecule has 0 fully saturated rings. The highest BCUT2D eigenvalue weighted by Crippen LogP contribution is 2.32. The maximum absolute atomic E-state index is 13.8. The van der Waals surface area contributed by atoms with E-state index in [2.05, 4.69) is 5.32 Å². The molecule has 0 heterocycles. The largest absolute Gasteiger partial charge is 0.507 e. The summed E-state index contributed by atoms with van der Waals surface area (Å²) in [6.45, 7) is 6.20. The van der Waals surface area contributed by atoms with Crippen LogP contribution in [0.3, 0.4) is 0 Å². The van der Waals surface area contributed by atoms with E-state index >= 15 is 0 Å². The second kappa shape index (κ2) is 11.0. The molecule has 0 spiro atoms. The van der Waals surface area contributed by atoms with E-state index < -0.39 is 11.9 Å². The van der Waals surface area contributed by atoms with Crippen molar-refractivity contribution in [1.82, 2.24) is 4.90 Å². The van der Waals surface area contributed by atoms with Gasteiger partial charge >= 0.3 is 0 Å². The Bertz CT molecular complexity index is 1130. The number of hydrogen-bond donors (Lipinski definition) is 2. The van der Waals surface area contributed by atoms with E-state index in [1.807, 2.05) is 39.0 Å². The lowest BCUT2D eigenvalue weighted by Gasteiger charge is -2.32. The van der Waals surface area contributed by atoms with Gasteiger partial charge < -0.3 is 15.3 Å². The number of benzene rings is 3. The summed E-state index contributed by atoms with van der Waals surface area (Å²) in [6, 6.07) is 18.2. The van der Waals surface area contributed by atoms with Crippen molar-refractivity contribution in [1.29, 1.82) is 0 Å².